The highest BCUT2D eigenvalue weighted by molar-refractivity contribution is 5.84. The maximum Gasteiger partial charge on any atom is 0.407 e. The van der Waals surface area contributed by atoms with E-state index in [1.54, 1.807) is 6.07 Å². The van der Waals surface area contributed by atoms with Crippen molar-refractivity contribution in [2.24, 2.45) is 11.8 Å². The number of hydrogen-bond donors (Lipinski definition) is 1. The number of non-ortho nitro benzene ring substituents is 1. The number of nitrogens with one attached hydrogen (secondary N) is 1. The van der Waals surface area contributed by atoms with Crippen molar-refractivity contribution in [1.82, 2.24) is 5.32 Å². The Labute approximate surface area is 235 Å². The van der Waals surface area contributed by atoms with Crippen molar-refractivity contribution in [3.8, 4) is 16.9 Å². The summed E-state index contributed by atoms with van der Waals surface area (Å²) in [7, 11) is 0. The summed E-state index contributed by atoms with van der Waals surface area (Å²) in [6.45, 7) is 0.700. The van der Waals surface area contributed by atoms with Gasteiger partial charge in [-0.3, -0.25) is 19.7 Å². The molecule has 1 N–H and O–H groups in total. The second-order valence-electron chi connectivity index (χ2n) is 10.0. The minimum Gasteiger partial charge on any atom is -0.463 e. The molecule has 0 saturated heterocycles. The summed E-state index contributed by atoms with van der Waals surface area (Å²) in [4.78, 5) is 48.2. The lowest BCUT2D eigenvalue weighted by molar-refractivity contribution is -0.384. The predicted octanol–water partition coefficient (Wildman–Crippen LogP) is 6.01. The van der Waals surface area contributed by atoms with E-state index < -0.39 is 11.0 Å². The van der Waals surface area contributed by atoms with Gasteiger partial charge < -0.3 is 19.2 Å². The van der Waals surface area contributed by atoms with Crippen LogP contribution >= 0.6 is 0 Å². The fourth-order valence-electron chi connectivity index (χ4n) is 4.94. The Balaban J connectivity index is 1.12. The van der Waals surface area contributed by atoms with Gasteiger partial charge in [-0.15, -0.1) is 0 Å². The van der Waals surface area contributed by atoms with Gasteiger partial charge in [-0.1, -0.05) is 30.3 Å². The van der Waals surface area contributed by atoms with E-state index in [4.69, 9.17) is 13.9 Å². The molecular weight excluding hydrogens is 528 g/mol. The summed E-state index contributed by atoms with van der Waals surface area (Å²) < 4.78 is 16.5. The first-order valence-electron chi connectivity index (χ1n) is 13.3. The molecule has 1 aliphatic rings. The van der Waals surface area contributed by atoms with Crippen LogP contribution in [0.25, 0.3) is 22.1 Å². The molecule has 0 unspecified atom stereocenters. The molecule has 0 atom stereocenters. The van der Waals surface area contributed by atoms with Crippen LogP contribution in [0.5, 0.6) is 5.75 Å². The third-order valence-corrected chi connectivity index (χ3v) is 7.28. The molecule has 3 aromatic carbocycles. The number of carbonyl (C=O) groups is 2. The van der Waals surface area contributed by atoms with Crippen LogP contribution < -0.4 is 15.5 Å². The second kappa shape index (κ2) is 12.5. The molecule has 1 aliphatic carbocycles. The first-order chi connectivity index (χ1) is 19.9. The number of amides is 1. The Kier molecular flexibility index (Phi) is 8.38. The number of nitrogens with zero attached hydrogens (tertiary/aromatic N) is 1. The van der Waals surface area contributed by atoms with Gasteiger partial charge in [-0.25, -0.2) is 4.79 Å². The molecule has 0 bridgehead atoms. The molecule has 1 aromatic heterocycles. The molecule has 10 nitrogen and oxygen atoms in total. The van der Waals surface area contributed by atoms with Gasteiger partial charge in [-0.2, -0.15) is 0 Å². The van der Waals surface area contributed by atoms with Gasteiger partial charge in [0.1, 0.15) is 24.2 Å². The number of fused-ring (bicyclic) bond motifs is 1. The molecule has 1 heterocycles. The van der Waals surface area contributed by atoms with Crippen LogP contribution in [-0.4, -0.2) is 23.5 Å². The van der Waals surface area contributed by atoms with Crippen molar-refractivity contribution in [3.05, 3.63) is 105 Å². The Morgan fingerprint density at radius 2 is 1.71 bits per heavy atom. The van der Waals surface area contributed by atoms with Crippen molar-refractivity contribution >= 4 is 28.7 Å². The molecule has 1 fully saturated rings. The lowest BCUT2D eigenvalue weighted by atomic mass is 9.82. The average molecular weight is 557 g/mol. The van der Waals surface area contributed by atoms with E-state index in [-0.39, 0.29) is 52.4 Å². The minimum absolute atomic E-state index is 0.0743. The quantitative estimate of drug-likeness (QED) is 0.121. The molecule has 5 rings (SSSR count). The number of rotatable bonds is 8. The van der Waals surface area contributed by atoms with Gasteiger partial charge in [0.05, 0.1) is 21.8 Å². The highest BCUT2D eigenvalue weighted by atomic mass is 16.6. The van der Waals surface area contributed by atoms with E-state index in [0.717, 1.165) is 18.4 Å². The number of nitro groups is 1. The maximum atomic E-state index is 13.0. The first-order valence-corrected chi connectivity index (χ1v) is 13.3. The summed E-state index contributed by atoms with van der Waals surface area (Å²) >= 11 is 0. The van der Waals surface area contributed by atoms with Crippen LogP contribution in [0.4, 0.5) is 10.5 Å². The number of carbonyl (C=O) groups excluding carboxylic acids is 2. The van der Waals surface area contributed by atoms with E-state index in [9.17, 15) is 24.5 Å². The lowest BCUT2D eigenvalue weighted by Gasteiger charge is -2.27. The molecule has 10 heteroatoms. The molecule has 0 spiro atoms. The Morgan fingerprint density at radius 3 is 2.41 bits per heavy atom. The van der Waals surface area contributed by atoms with Gasteiger partial charge in [0.2, 0.25) is 0 Å². The van der Waals surface area contributed by atoms with Crippen LogP contribution in [0.1, 0.15) is 31.2 Å². The topological polar surface area (TPSA) is 138 Å². The van der Waals surface area contributed by atoms with Crippen molar-refractivity contribution in [2.75, 3.05) is 6.54 Å². The Morgan fingerprint density at radius 1 is 0.976 bits per heavy atom. The van der Waals surface area contributed by atoms with Gasteiger partial charge in [0, 0.05) is 24.7 Å². The van der Waals surface area contributed by atoms with Gasteiger partial charge in [-0.05, 0) is 67.0 Å². The van der Waals surface area contributed by atoms with Gasteiger partial charge in [0.25, 0.3) is 5.69 Å². The van der Waals surface area contributed by atoms with Crippen LogP contribution in [0.3, 0.4) is 0 Å². The Bertz CT molecular complexity index is 1610. The zero-order chi connectivity index (χ0) is 28.8. The van der Waals surface area contributed by atoms with Crippen LogP contribution in [0.2, 0.25) is 0 Å². The number of esters is 1. The van der Waals surface area contributed by atoms with Crippen molar-refractivity contribution in [2.45, 2.75) is 32.3 Å². The molecular formula is C31H28N2O8. The smallest absolute Gasteiger partial charge is 0.407 e. The number of alkyl carbamates (subject to hydrolysis) is 1. The fourth-order valence-corrected chi connectivity index (χ4v) is 4.94. The highest BCUT2D eigenvalue weighted by Crippen LogP contribution is 2.31. The predicted molar refractivity (Wildman–Crippen MR) is 150 cm³/mol. The summed E-state index contributed by atoms with van der Waals surface area (Å²) in [5.74, 6) is -0.0757. The third-order valence-electron chi connectivity index (χ3n) is 7.28. The summed E-state index contributed by atoms with van der Waals surface area (Å²) in [5, 5.41) is 14.0. The number of hydrogen-bond acceptors (Lipinski definition) is 8. The number of nitro benzene ring substituents is 1. The van der Waals surface area contributed by atoms with Crippen molar-refractivity contribution in [1.29, 1.82) is 0 Å². The van der Waals surface area contributed by atoms with E-state index >= 15 is 0 Å². The average Bonchev–Trinajstić information content (AvgIpc) is 3.00. The maximum absolute atomic E-state index is 13.0. The second-order valence-corrected chi connectivity index (χ2v) is 10.0. The van der Waals surface area contributed by atoms with Crippen molar-refractivity contribution < 1.29 is 28.4 Å². The Hall–Kier alpha value is -4.99. The summed E-state index contributed by atoms with van der Waals surface area (Å²) in [6, 6.07) is 19.7. The summed E-state index contributed by atoms with van der Waals surface area (Å²) in [6.07, 6.45) is 3.67. The van der Waals surface area contributed by atoms with Crippen LogP contribution in [0.15, 0.2) is 88.3 Å². The molecule has 0 radical (unpaired) electrons. The number of ether oxygens (including phenoxy) is 2. The van der Waals surface area contributed by atoms with Crippen LogP contribution in [-0.2, 0) is 16.1 Å². The molecule has 0 aliphatic heterocycles. The standard InChI is InChI=1S/C31H28N2O8/c34-29-26-15-14-25(16-28(26)39-19-27(29)22-10-12-24(13-11-22)33(37)38)41-30(35)23-8-6-20(7-9-23)17-32-31(36)40-18-21-4-2-1-3-5-21/h1-5,10-16,19-20,23H,6-9,17-18H2,(H,32,36). The molecule has 1 saturated carbocycles. The molecule has 4 aromatic rings. The third kappa shape index (κ3) is 6.78. The highest BCUT2D eigenvalue weighted by Gasteiger charge is 2.28. The zero-order valence-electron chi connectivity index (χ0n) is 22.1. The van der Waals surface area contributed by atoms with E-state index in [1.165, 1.54) is 42.7 Å². The molecule has 41 heavy (non-hydrogen) atoms. The fraction of sp³-hybridized carbons (Fsp3) is 0.258. The molecule has 1 amide bonds. The van der Waals surface area contributed by atoms with E-state index in [1.807, 2.05) is 30.3 Å². The molecule has 210 valence electrons. The first kappa shape index (κ1) is 27.6. The van der Waals surface area contributed by atoms with Gasteiger partial charge >= 0.3 is 12.1 Å². The monoisotopic (exact) mass is 556 g/mol. The van der Waals surface area contributed by atoms with Crippen LogP contribution in [0, 0.1) is 22.0 Å². The SMILES string of the molecule is O=C(NCC1CCC(C(=O)Oc2ccc3c(=O)c(-c4ccc([N+](=O)[O-])cc4)coc3c2)CC1)OCc1ccccc1. The zero-order valence-corrected chi connectivity index (χ0v) is 22.1. The van der Waals surface area contributed by atoms with E-state index in [0.29, 0.717) is 30.3 Å². The lowest BCUT2D eigenvalue weighted by Crippen LogP contribution is -2.33. The summed E-state index contributed by atoms with van der Waals surface area (Å²) in [5.41, 5.74) is 1.58. The van der Waals surface area contributed by atoms with Gasteiger partial charge in [0.15, 0.2) is 5.43 Å². The minimum atomic E-state index is -0.509. The number of benzene rings is 3. The normalized spacial score (nSPS) is 16.6. The van der Waals surface area contributed by atoms with E-state index in [2.05, 4.69) is 5.32 Å². The van der Waals surface area contributed by atoms with Crippen molar-refractivity contribution in [3.63, 3.8) is 0 Å². The largest absolute Gasteiger partial charge is 0.463 e.